The molecule has 44 heavy (non-hydrogen) atoms. The quantitative estimate of drug-likeness (QED) is 0.394. The van der Waals surface area contributed by atoms with E-state index in [0.717, 1.165) is 16.7 Å². The molecule has 0 spiro atoms. The van der Waals surface area contributed by atoms with Crippen LogP contribution in [0.1, 0.15) is 17.5 Å². The first-order valence-corrected chi connectivity index (χ1v) is 15.8. The zero-order valence-corrected chi connectivity index (χ0v) is 25.1. The number of phenols is 1. The van der Waals surface area contributed by atoms with E-state index in [0.29, 0.717) is 26.1 Å². The number of carbonyl (C=O) groups excluding carboxylic acids is 3. The number of amides is 4. The van der Waals surface area contributed by atoms with Gasteiger partial charge in [-0.1, -0.05) is 60.7 Å². The molecule has 4 atom stereocenters. The van der Waals surface area contributed by atoms with Gasteiger partial charge in [-0.2, -0.15) is 0 Å². The molecular formula is C32H36N6O5S. The van der Waals surface area contributed by atoms with E-state index in [1.165, 1.54) is 0 Å². The van der Waals surface area contributed by atoms with Crippen LogP contribution in [-0.4, -0.2) is 110 Å². The number of carbonyl (C=O) groups is 3. The number of nitrogens with zero attached hydrogens (tertiary/aromatic N) is 5. The molecule has 11 nitrogen and oxygen atoms in total. The van der Waals surface area contributed by atoms with Crippen molar-refractivity contribution < 1.29 is 24.6 Å². The average molecular weight is 617 g/mol. The first-order valence-electron chi connectivity index (χ1n) is 14.8. The number of allylic oxidation sites excluding steroid dienone is 2. The highest BCUT2D eigenvalue weighted by atomic mass is 32.2. The molecule has 1 aliphatic carbocycles. The number of rotatable bonds is 9. The van der Waals surface area contributed by atoms with Crippen LogP contribution in [0.3, 0.4) is 0 Å². The third-order valence-electron chi connectivity index (χ3n) is 8.38. The summed E-state index contributed by atoms with van der Waals surface area (Å²) in [5.74, 6) is -0.342. The number of benzene rings is 2. The normalized spacial score (nSPS) is 24.8. The molecule has 0 radical (unpaired) electrons. The number of aliphatic imine (C=N–C) groups is 1. The van der Waals surface area contributed by atoms with E-state index in [2.05, 4.69) is 16.4 Å². The maximum Gasteiger partial charge on any atom is 0.334 e. The van der Waals surface area contributed by atoms with Gasteiger partial charge in [-0.15, -0.1) is 11.8 Å². The van der Waals surface area contributed by atoms with E-state index in [-0.39, 0.29) is 61.0 Å². The number of hydrazine groups is 1. The van der Waals surface area contributed by atoms with Crippen molar-refractivity contribution in [2.45, 2.75) is 42.9 Å². The molecule has 230 valence electrons. The standard InChI is InChI=1S/C32H36N6O5S/c39-15-5-14-36-20-29(41)37-26(16-22-10-12-25(40)13-11-22)31(42)35(18-24-8-4-9-27-30(24)34-21-44-27)19-28(37)38(36)32(43)33-17-23-6-2-1-3-7-23/h1-4,6-13,21,26-28,30,39-40H,5,14-20H2,(H,33,43). The minimum atomic E-state index is -0.854. The lowest BCUT2D eigenvalue weighted by Crippen LogP contribution is -2.77. The Morgan fingerprint density at radius 2 is 1.86 bits per heavy atom. The summed E-state index contributed by atoms with van der Waals surface area (Å²) in [4.78, 5) is 49.9. The SMILES string of the molecule is O=C1C(Cc2ccc(O)cc2)N2C(=O)CN(CCCO)N(C(=O)NCc3ccccc3)C2CN1CC1=CC=CC2SC=NC12. The van der Waals surface area contributed by atoms with Gasteiger partial charge < -0.3 is 25.3 Å². The van der Waals surface area contributed by atoms with Crippen LogP contribution in [0.2, 0.25) is 0 Å². The monoisotopic (exact) mass is 616 g/mol. The minimum absolute atomic E-state index is 0.0642. The molecule has 0 bridgehead atoms. The second kappa shape index (κ2) is 13.2. The van der Waals surface area contributed by atoms with Gasteiger partial charge in [-0.05, 0) is 35.3 Å². The topological polar surface area (TPSA) is 129 Å². The van der Waals surface area contributed by atoms with Crippen LogP contribution in [0.15, 0.2) is 83.4 Å². The number of hydrogen-bond acceptors (Lipinski definition) is 8. The zero-order chi connectivity index (χ0) is 30.6. The van der Waals surface area contributed by atoms with Crippen LogP contribution >= 0.6 is 11.8 Å². The number of urea groups is 1. The number of phenolic OH excluding ortho intramolecular Hbond substituents is 1. The number of aromatic hydroxyl groups is 1. The number of aliphatic hydroxyl groups excluding tert-OH is 1. The molecule has 4 amide bonds. The molecule has 2 aromatic carbocycles. The second-order valence-corrected chi connectivity index (χ2v) is 12.3. The highest BCUT2D eigenvalue weighted by molar-refractivity contribution is 8.13. The summed E-state index contributed by atoms with van der Waals surface area (Å²) in [5, 5.41) is 25.9. The van der Waals surface area contributed by atoms with Gasteiger partial charge in [0.15, 0.2) is 0 Å². The van der Waals surface area contributed by atoms with Crippen LogP contribution in [0.5, 0.6) is 5.75 Å². The van der Waals surface area contributed by atoms with Gasteiger partial charge in [-0.25, -0.2) is 14.8 Å². The first kappa shape index (κ1) is 29.9. The Labute approximate surface area is 260 Å². The second-order valence-electron chi connectivity index (χ2n) is 11.3. The van der Waals surface area contributed by atoms with E-state index < -0.39 is 12.2 Å². The van der Waals surface area contributed by atoms with Crippen molar-refractivity contribution in [2.75, 3.05) is 32.8 Å². The Morgan fingerprint density at radius 1 is 1.07 bits per heavy atom. The number of fused-ring (bicyclic) bond motifs is 2. The summed E-state index contributed by atoms with van der Waals surface area (Å²) in [6.45, 7) is 0.856. The summed E-state index contributed by atoms with van der Waals surface area (Å²) in [6, 6.07) is 14.9. The number of thioether (sulfide) groups is 1. The molecule has 0 saturated carbocycles. The zero-order valence-electron chi connectivity index (χ0n) is 24.2. The van der Waals surface area contributed by atoms with E-state index >= 15 is 0 Å². The van der Waals surface area contributed by atoms with Crippen molar-refractivity contribution in [3.8, 4) is 5.75 Å². The van der Waals surface area contributed by atoms with Gasteiger partial charge in [-0.3, -0.25) is 14.6 Å². The molecule has 3 aliphatic heterocycles. The summed E-state index contributed by atoms with van der Waals surface area (Å²) < 4.78 is 0. The van der Waals surface area contributed by atoms with Gasteiger partial charge in [0.2, 0.25) is 11.8 Å². The van der Waals surface area contributed by atoms with Gasteiger partial charge in [0.05, 0.1) is 29.9 Å². The highest BCUT2D eigenvalue weighted by Crippen LogP contribution is 2.34. The van der Waals surface area contributed by atoms with Crippen molar-refractivity contribution in [3.63, 3.8) is 0 Å². The molecule has 4 aliphatic rings. The first-order chi connectivity index (χ1) is 21.4. The fraction of sp³-hybridized carbons (Fsp3) is 0.375. The number of piperazine rings is 1. The molecule has 0 aromatic heterocycles. The van der Waals surface area contributed by atoms with Crippen LogP contribution in [-0.2, 0) is 22.6 Å². The third kappa shape index (κ3) is 6.23. The van der Waals surface area contributed by atoms with Crippen molar-refractivity contribution in [1.82, 2.24) is 25.1 Å². The van der Waals surface area contributed by atoms with Gasteiger partial charge in [0.1, 0.15) is 18.0 Å². The maximum absolute atomic E-state index is 14.2. The Kier molecular flexibility index (Phi) is 9.01. The molecule has 4 unspecified atom stereocenters. The van der Waals surface area contributed by atoms with Crippen LogP contribution < -0.4 is 5.32 Å². The number of hydrogen-bond donors (Lipinski definition) is 3. The van der Waals surface area contributed by atoms with E-state index in [1.54, 1.807) is 55.8 Å². The largest absolute Gasteiger partial charge is 0.508 e. The van der Waals surface area contributed by atoms with Gasteiger partial charge >= 0.3 is 6.03 Å². The lowest BCUT2D eigenvalue weighted by Gasteiger charge is -2.55. The fourth-order valence-corrected chi connectivity index (χ4v) is 7.15. The van der Waals surface area contributed by atoms with Crippen molar-refractivity contribution >= 4 is 35.2 Å². The predicted octanol–water partition coefficient (Wildman–Crippen LogP) is 2.13. The molecule has 6 rings (SSSR count). The Morgan fingerprint density at radius 3 is 2.64 bits per heavy atom. The van der Waals surface area contributed by atoms with Crippen LogP contribution in [0.25, 0.3) is 0 Å². The van der Waals surface area contributed by atoms with E-state index in [9.17, 15) is 24.6 Å². The fourth-order valence-electron chi connectivity index (χ4n) is 6.23. The summed E-state index contributed by atoms with van der Waals surface area (Å²) in [5.41, 5.74) is 4.57. The molecule has 3 N–H and O–H groups in total. The van der Waals surface area contributed by atoms with Gasteiger partial charge in [0.25, 0.3) is 0 Å². The maximum atomic E-state index is 14.2. The lowest BCUT2D eigenvalue weighted by atomic mass is 9.95. The van der Waals surface area contributed by atoms with Crippen molar-refractivity contribution in [3.05, 3.63) is 89.5 Å². The number of aliphatic hydroxyl groups is 1. The number of nitrogens with one attached hydrogen (secondary N) is 1. The Bertz CT molecular complexity index is 1470. The van der Waals surface area contributed by atoms with Crippen molar-refractivity contribution in [2.24, 2.45) is 4.99 Å². The van der Waals surface area contributed by atoms with Gasteiger partial charge in [0, 0.05) is 32.7 Å². The highest BCUT2D eigenvalue weighted by Gasteiger charge is 2.51. The molecule has 12 heteroatoms. The summed E-state index contributed by atoms with van der Waals surface area (Å²) in [6.07, 6.45) is 5.95. The Balaban J connectivity index is 1.33. The molecule has 3 heterocycles. The molecule has 2 aromatic rings. The summed E-state index contributed by atoms with van der Waals surface area (Å²) >= 11 is 1.65. The predicted molar refractivity (Wildman–Crippen MR) is 167 cm³/mol. The van der Waals surface area contributed by atoms with E-state index in [4.69, 9.17) is 0 Å². The van der Waals surface area contributed by atoms with Crippen LogP contribution in [0, 0.1) is 0 Å². The van der Waals surface area contributed by atoms with Crippen molar-refractivity contribution in [1.29, 1.82) is 0 Å². The third-order valence-corrected chi connectivity index (χ3v) is 9.35. The summed E-state index contributed by atoms with van der Waals surface area (Å²) in [7, 11) is 0. The van der Waals surface area contributed by atoms with E-state index in [1.807, 2.05) is 48.0 Å². The lowest BCUT2D eigenvalue weighted by molar-refractivity contribution is -0.190. The minimum Gasteiger partial charge on any atom is -0.508 e. The molecular weight excluding hydrogens is 580 g/mol. The Hall–Kier alpha value is -4.13. The molecule has 2 fully saturated rings. The smallest absolute Gasteiger partial charge is 0.334 e. The van der Waals surface area contributed by atoms with Crippen LogP contribution in [0.4, 0.5) is 4.79 Å². The average Bonchev–Trinajstić information content (AvgIpc) is 3.52. The molecule has 2 saturated heterocycles.